The molecule has 3 amide bonds. The Kier molecular flexibility index (Phi) is 6.61. The lowest BCUT2D eigenvalue weighted by atomic mass is 10.0. The molecule has 4 rings (SSSR count). The average Bonchev–Trinajstić information content (AvgIpc) is 3.10. The van der Waals surface area contributed by atoms with E-state index in [0.717, 1.165) is 16.7 Å². The minimum Gasteiger partial charge on any atom is -0.323 e. The smallest absolute Gasteiger partial charge is 0.257 e. The summed E-state index contributed by atoms with van der Waals surface area (Å²) in [5.41, 5.74) is 3.25. The average molecular weight is 461 g/mol. The van der Waals surface area contributed by atoms with Gasteiger partial charge in [0.2, 0.25) is 11.8 Å². The Hall–Kier alpha value is -3.44. The van der Waals surface area contributed by atoms with Gasteiger partial charge in [-0.15, -0.1) is 0 Å². The van der Waals surface area contributed by atoms with E-state index in [0.29, 0.717) is 10.7 Å². The molecule has 2 atom stereocenters. The van der Waals surface area contributed by atoms with Gasteiger partial charge >= 0.3 is 0 Å². The van der Waals surface area contributed by atoms with E-state index in [-0.39, 0.29) is 36.6 Å². The van der Waals surface area contributed by atoms with Crippen LogP contribution in [-0.2, 0) is 20.8 Å². The molecule has 1 fully saturated rings. The van der Waals surface area contributed by atoms with Gasteiger partial charge in [-0.25, -0.2) is 4.90 Å². The van der Waals surface area contributed by atoms with E-state index in [1.807, 2.05) is 56.3 Å². The van der Waals surface area contributed by atoms with Gasteiger partial charge in [-0.1, -0.05) is 71.8 Å². The van der Waals surface area contributed by atoms with Crippen molar-refractivity contribution in [3.05, 3.63) is 101 Å². The predicted octanol–water partition coefficient (Wildman–Crippen LogP) is 5.11. The molecular weight excluding hydrogens is 436 g/mol. The lowest BCUT2D eigenvalue weighted by Gasteiger charge is -2.34. The van der Waals surface area contributed by atoms with Gasteiger partial charge in [0.1, 0.15) is 6.04 Å². The number of halogens is 1. The highest BCUT2D eigenvalue weighted by molar-refractivity contribution is 6.30. The van der Waals surface area contributed by atoms with E-state index in [1.54, 1.807) is 41.3 Å². The third kappa shape index (κ3) is 4.83. The number of benzene rings is 3. The fraction of sp³-hybridized carbons (Fsp3) is 0.222. The highest BCUT2D eigenvalue weighted by Gasteiger charge is 2.45. The molecule has 1 saturated heterocycles. The van der Waals surface area contributed by atoms with Crippen molar-refractivity contribution in [2.24, 2.45) is 0 Å². The molecular formula is C27H25ClN2O3. The molecule has 0 N–H and O–H groups in total. The second-order valence-corrected chi connectivity index (χ2v) is 8.75. The Balaban J connectivity index is 1.67. The van der Waals surface area contributed by atoms with Gasteiger partial charge in [-0.3, -0.25) is 14.4 Å². The molecule has 0 bridgehead atoms. The van der Waals surface area contributed by atoms with Crippen molar-refractivity contribution in [3.8, 4) is 0 Å². The minimum atomic E-state index is -0.867. The molecule has 0 aromatic heterocycles. The van der Waals surface area contributed by atoms with Crippen LogP contribution in [0.3, 0.4) is 0 Å². The van der Waals surface area contributed by atoms with Crippen LogP contribution in [0, 0.1) is 6.92 Å². The molecule has 1 aliphatic heterocycles. The third-order valence-corrected chi connectivity index (χ3v) is 6.26. The van der Waals surface area contributed by atoms with Crippen LogP contribution < -0.4 is 4.90 Å². The molecule has 1 aliphatic rings. The highest BCUT2D eigenvalue weighted by Crippen LogP contribution is 2.32. The van der Waals surface area contributed by atoms with Gasteiger partial charge in [0, 0.05) is 5.02 Å². The maximum Gasteiger partial charge on any atom is 0.257 e. The Morgan fingerprint density at radius 2 is 1.64 bits per heavy atom. The van der Waals surface area contributed by atoms with E-state index in [9.17, 15) is 14.4 Å². The summed E-state index contributed by atoms with van der Waals surface area (Å²) in [6, 6.07) is 22.6. The Morgan fingerprint density at radius 1 is 1.00 bits per heavy atom. The molecule has 3 aromatic carbocycles. The van der Waals surface area contributed by atoms with Crippen LogP contribution in [0.2, 0.25) is 5.02 Å². The molecule has 1 heterocycles. The van der Waals surface area contributed by atoms with Gasteiger partial charge in [0.05, 0.1) is 24.6 Å². The highest BCUT2D eigenvalue weighted by atomic mass is 35.5. The first-order valence-electron chi connectivity index (χ1n) is 10.9. The van der Waals surface area contributed by atoms with E-state index in [4.69, 9.17) is 11.6 Å². The fourth-order valence-electron chi connectivity index (χ4n) is 4.22. The van der Waals surface area contributed by atoms with E-state index >= 15 is 0 Å². The standard InChI is InChI=1S/C27H25ClN2O3/c1-18-8-14-23(15-9-18)30-26(32)17-24(27(30)33)29(19(2)21-6-4-3-5-7-21)25(31)16-20-10-12-22(28)13-11-20/h3-15,19,24H,16-17H2,1-2H3. The molecule has 168 valence electrons. The van der Waals surface area contributed by atoms with Crippen LogP contribution in [0.5, 0.6) is 0 Å². The Bertz CT molecular complexity index is 1160. The van der Waals surface area contributed by atoms with Crippen LogP contribution >= 0.6 is 11.6 Å². The molecule has 2 unspecified atom stereocenters. The largest absolute Gasteiger partial charge is 0.323 e. The van der Waals surface area contributed by atoms with Crippen LogP contribution in [0.1, 0.15) is 36.1 Å². The van der Waals surface area contributed by atoms with Crippen molar-refractivity contribution >= 4 is 35.0 Å². The third-order valence-electron chi connectivity index (χ3n) is 6.01. The summed E-state index contributed by atoms with van der Waals surface area (Å²) in [7, 11) is 0. The van der Waals surface area contributed by atoms with Gasteiger partial charge in [-0.2, -0.15) is 0 Å². The van der Waals surface area contributed by atoms with Crippen molar-refractivity contribution in [2.45, 2.75) is 38.8 Å². The summed E-state index contributed by atoms with van der Waals surface area (Å²) in [6.07, 6.45) is 0.0626. The maximum atomic E-state index is 13.6. The number of nitrogens with zero attached hydrogens (tertiary/aromatic N) is 2. The summed E-state index contributed by atoms with van der Waals surface area (Å²) in [5, 5.41) is 0.589. The summed E-state index contributed by atoms with van der Waals surface area (Å²) in [4.78, 5) is 42.7. The van der Waals surface area contributed by atoms with Crippen molar-refractivity contribution in [1.29, 1.82) is 0 Å². The molecule has 5 nitrogen and oxygen atoms in total. The quantitative estimate of drug-likeness (QED) is 0.480. The molecule has 6 heteroatoms. The minimum absolute atomic E-state index is 0.0454. The monoisotopic (exact) mass is 460 g/mol. The Labute approximate surface area is 198 Å². The van der Waals surface area contributed by atoms with E-state index in [1.165, 1.54) is 4.90 Å². The van der Waals surface area contributed by atoms with Gasteiger partial charge in [-0.05, 0) is 49.2 Å². The van der Waals surface area contributed by atoms with Crippen LogP contribution in [0.15, 0.2) is 78.9 Å². The Morgan fingerprint density at radius 3 is 2.27 bits per heavy atom. The van der Waals surface area contributed by atoms with Gasteiger partial charge in [0.25, 0.3) is 5.91 Å². The molecule has 0 spiro atoms. The van der Waals surface area contributed by atoms with Gasteiger partial charge in [0.15, 0.2) is 0 Å². The van der Waals surface area contributed by atoms with Crippen LogP contribution in [0.4, 0.5) is 5.69 Å². The number of hydrogen-bond donors (Lipinski definition) is 0. The van der Waals surface area contributed by atoms with Crippen molar-refractivity contribution in [3.63, 3.8) is 0 Å². The number of rotatable bonds is 6. The number of hydrogen-bond acceptors (Lipinski definition) is 3. The summed E-state index contributed by atoms with van der Waals surface area (Å²) >= 11 is 5.98. The number of carbonyl (C=O) groups excluding carboxylic acids is 3. The van der Waals surface area contributed by atoms with Crippen molar-refractivity contribution in [2.75, 3.05) is 4.90 Å². The van der Waals surface area contributed by atoms with Crippen molar-refractivity contribution < 1.29 is 14.4 Å². The first kappa shape index (κ1) is 22.7. The second kappa shape index (κ2) is 9.59. The first-order chi connectivity index (χ1) is 15.8. The zero-order chi connectivity index (χ0) is 23.5. The van der Waals surface area contributed by atoms with Gasteiger partial charge < -0.3 is 4.90 Å². The lowest BCUT2D eigenvalue weighted by Crippen LogP contribution is -2.47. The molecule has 33 heavy (non-hydrogen) atoms. The normalized spacial score (nSPS) is 16.7. The molecule has 3 aromatic rings. The number of aryl methyl sites for hydroxylation is 1. The number of anilines is 1. The van der Waals surface area contributed by atoms with E-state index < -0.39 is 6.04 Å². The maximum absolute atomic E-state index is 13.6. The first-order valence-corrected chi connectivity index (χ1v) is 11.3. The molecule has 0 aliphatic carbocycles. The van der Waals surface area contributed by atoms with Crippen LogP contribution in [-0.4, -0.2) is 28.7 Å². The second-order valence-electron chi connectivity index (χ2n) is 8.31. The SMILES string of the molecule is Cc1ccc(N2C(=O)CC(N(C(=O)Cc3ccc(Cl)cc3)C(C)c3ccccc3)C2=O)cc1. The summed E-state index contributed by atoms with van der Waals surface area (Å²) < 4.78 is 0. The predicted molar refractivity (Wildman–Crippen MR) is 129 cm³/mol. The van der Waals surface area contributed by atoms with Crippen LogP contribution in [0.25, 0.3) is 0 Å². The number of imide groups is 1. The summed E-state index contributed by atoms with van der Waals surface area (Å²) in [6.45, 7) is 3.83. The fourth-order valence-corrected chi connectivity index (χ4v) is 4.34. The number of carbonyl (C=O) groups is 3. The molecule has 0 radical (unpaired) electrons. The topological polar surface area (TPSA) is 57.7 Å². The summed E-state index contributed by atoms with van der Waals surface area (Å²) in [5.74, 6) is -0.903. The van der Waals surface area contributed by atoms with E-state index in [2.05, 4.69) is 0 Å². The lowest BCUT2D eigenvalue weighted by molar-refractivity contribution is -0.140. The zero-order valence-corrected chi connectivity index (χ0v) is 19.3. The molecule has 0 saturated carbocycles. The zero-order valence-electron chi connectivity index (χ0n) is 18.6. The number of amides is 3. The van der Waals surface area contributed by atoms with Crippen molar-refractivity contribution in [1.82, 2.24) is 4.90 Å².